The standard InChI is InChI=1S/C43H39Cl3N6O5/c44-36-18-30(25-51-15-12-29(24-51)43(55)56)37(57-17-3-14-47)19-28(36)9-8-26-4-1-6-34(40(26)45)35-7-2-5-33(41(35)46)27-13-16-52-38(20-27)49-22-31(42(52)54)21-48-23-32-10-11-39(53)50-32/h1-2,4-9,13,16,18-20,22,29,32,48H,3,10-12,15,17,21,23-25H2,(H,50,53)(H,55,56)/b9-8-/t29-,32-/m0/s1. The third kappa shape index (κ3) is 9.17. The fraction of sp³-hybridized carbons (Fsp3) is 0.279. The normalized spacial score (nSPS) is 17.0. The lowest BCUT2D eigenvalue weighted by atomic mass is 9.97. The Morgan fingerprint density at radius 2 is 1.77 bits per heavy atom. The van der Waals surface area contributed by atoms with Crippen molar-refractivity contribution < 1.29 is 19.4 Å². The second kappa shape index (κ2) is 17.9. The number of ether oxygens (including phenoxy) is 1. The van der Waals surface area contributed by atoms with E-state index in [1.54, 1.807) is 12.4 Å². The van der Waals surface area contributed by atoms with Crippen LogP contribution in [0.15, 0.2) is 77.9 Å². The number of carboxylic acid groups (broad SMARTS) is 1. The van der Waals surface area contributed by atoms with Gasteiger partial charge in [0.25, 0.3) is 5.56 Å². The average molecular weight is 826 g/mol. The van der Waals surface area contributed by atoms with Crippen LogP contribution in [0, 0.1) is 17.2 Å². The number of carbonyl (C=O) groups is 2. The summed E-state index contributed by atoms with van der Waals surface area (Å²) in [5, 5.41) is 26.2. The summed E-state index contributed by atoms with van der Waals surface area (Å²) in [5.74, 6) is -0.576. The number of amides is 1. The van der Waals surface area contributed by atoms with Crippen molar-refractivity contribution in [3.63, 3.8) is 0 Å². The minimum atomic E-state index is -0.797. The lowest BCUT2D eigenvalue weighted by Crippen LogP contribution is -2.36. The number of rotatable bonds is 14. The number of hydrogen-bond donors (Lipinski definition) is 3. The molecule has 2 atom stereocenters. The van der Waals surface area contributed by atoms with E-state index in [1.807, 2.05) is 72.8 Å². The Balaban J connectivity index is 1.11. The number of nitrogens with one attached hydrogen (secondary N) is 2. The number of carbonyl (C=O) groups excluding carboxylic acids is 1. The Hall–Kier alpha value is -5.22. The summed E-state index contributed by atoms with van der Waals surface area (Å²) < 4.78 is 7.51. The van der Waals surface area contributed by atoms with Crippen molar-refractivity contribution in [3.8, 4) is 34.1 Å². The van der Waals surface area contributed by atoms with Gasteiger partial charge < -0.3 is 20.5 Å². The third-order valence-corrected chi connectivity index (χ3v) is 11.5. The quantitative estimate of drug-likeness (QED) is 0.0756. The molecule has 1 amide bonds. The Morgan fingerprint density at radius 1 is 1.00 bits per heavy atom. The van der Waals surface area contributed by atoms with Gasteiger partial charge in [0.05, 0.1) is 28.5 Å². The van der Waals surface area contributed by atoms with Gasteiger partial charge in [-0.3, -0.25) is 23.7 Å². The van der Waals surface area contributed by atoms with Crippen molar-refractivity contribution >= 4 is 64.5 Å². The number of aromatic nitrogens is 2. The molecule has 2 aliphatic heterocycles. The van der Waals surface area contributed by atoms with E-state index in [1.165, 1.54) is 4.40 Å². The molecular formula is C43H39Cl3N6O5. The molecule has 7 rings (SSSR count). The van der Waals surface area contributed by atoms with Crippen LogP contribution < -0.4 is 20.9 Å². The van der Waals surface area contributed by atoms with Crippen LogP contribution >= 0.6 is 34.8 Å². The maximum atomic E-state index is 13.3. The zero-order valence-corrected chi connectivity index (χ0v) is 33.1. The van der Waals surface area contributed by atoms with Gasteiger partial charge in [-0.25, -0.2) is 4.98 Å². The van der Waals surface area contributed by atoms with E-state index in [4.69, 9.17) is 44.8 Å². The molecule has 2 saturated heterocycles. The molecule has 0 bridgehead atoms. The van der Waals surface area contributed by atoms with E-state index in [-0.39, 0.29) is 30.5 Å². The number of hydrogen-bond acceptors (Lipinski definition) is 8. The third-order valence-electron chi connectivity index (χ3n) is 10.3. The molecule has 11 nitrogen and oxygen atoms in total. The van der Waals surface area contributed by atoms with Crippen LogP contribution in [-0.4, -0.2) is 63.6 Å². The molecule has 292 valence electrons. The first kappa shape index (κ1) is 40.0. The van der Waals surface area contributed by atoms with Crippen LogP contribution in [0.2, 0.25) is 15.1 Å². The number of nitrogens with zero attached hydrogens (tertiary/aromatic N) is 4. The summed E-state index contributed by atoms with van der Waals surface area (Å²) in [6.07, 6.45) is 9.08. The molecule has 0 aliphatic carbocycles. The van der Waals surface area contributed by atoms with Gasteiger partial charge in [0.2, 0.25) is 5.91 Å². The van der Waals surface area contributed by atoms with Crippen molar-refractivity contribution in [1.82, 2.24) is 24.9 Å². The molecule has 5 aromatic rings. The lowest BCUT2D eigenvalue weighted by molar-refractivity contribution is -0.141. The first-order chi connectivity index (χ1) is 27.6. The van der Waals surface area contributed by atoms with Gasteiger partial charge in [0, 0.05) is 83.9 Å². The maximum absolute atomic E-state index is 13.3. The number of likely N-dealkylation sites (tertiary alicyclic amines) is 1. The highest BCUT2D eigenvalue weighted by atomic mass is 35.5. The second-order valence-corrected chi connectivity index (χ2v) is 15.3. The summed E-state index contributed by atoms with van der Waals surface area (Å²) in [4.78, 5) is 42.9. The molecule has 0 unspecified atom stereocenters. The molecule has 14 heteroatoms. The van der Waals surface area contributed by atoms with Crippen LogP contribution in [0.3, 0.4) is 0 Å². The molecular weight excluding hydrogens is 787 g/mol. The van der Waals surface area contributed by atoms with Crippen LogP contribution in [0.25, 0.3) is 40.1 Å². The fourth-order valence-electron chi connectivity index (χ4n) is 7.26. The lowest BCUT2D eigenvalue weighted by Gasteiger charge is -2.19. The van der Waals surface area contributed by atoms with E-state index in [0.29, 0.717) is 83.2 Å². The van der Waals surface area contributed by atoms with Gasteiger partial charge in [0.1, 0.15) is 18.0 Å². The average Bonchev–Trinajstić information content (AvgIpc) is 3.85. The van der Waals surface area contributed by atoms with Crippen molar-refractivity contribution in [3.05, 3.63) is 121 Å². The number of aliphatic carboxylic acids is 1. The van der Waals surface area contributed by atoms with Gasteiger partial charge in [-0.15, -0.1) is 0 Å². The molecule has 0 saturated carbocycles. The number of halogens is 3. The van der Waals surface area contributed by atoms with Crippen molar-refractivity contribution in [2.45, 2.75) is 44.8 Å². The zero-order chi connectivity index (χ0) is 40.1. The molecule has 4 heterocycles. The Kier molecular flexibility index (Phi) is 12.6. The minimum absolute atomic E-state index is 0.0506. The number of nitriles is 1. The minimum Gasteiger partial charge on any atom is -0.492 e. The summed E-state index contributed by atoms with van der Waals surface area (Å²) >= 11 is 21.0. The molecule has 2 aliphatic rings. The molecule has 0 radical (unpaired) electrons. The summed E-state index contributed by atoms with van der Waals surface area (Å²) in [6, 6.07) is 20.9. The van der Waals surface area contributed by atoms with E-state index < -0.39 is 11.9 Å². The highest BCUT2D eigenvalue weighted by Gasteiger charge is 2.28. The Morgan fingerprint density at radius 3 is 2.53 bits per heavy atom. The monoisotopic (exact) mass is 824 g/mol. The van der Waals surface area contributed by atoms with Crippen molar-refractivity contribution in [2.24, 2.45) is 5.92 Å². The van der Waals surface area contributed by atoms with E-state index in [9.17, 15) is 19.5 Å². The van der Waals surface area contributed by atoms with E-state index >= 15 is 0 Å². The zero-order valence-electron chi connectivity index (χ0n) is 30.8. The molecule has 3 N–H and O–H groups in total. The van der Waals surface area contributed by atoms with Crippen LogP contribution in [0.4, 0.5) is 0 Å². The number of pyridine rings is 1. The molecule has 2 aromatic heterocycles. The Labute approximate surface area is 344 Å². The van der Waals surface area contributed by atoms with Crippen LogP contribution in [-0.2, 0) is 22.7 Å². The Bertz CT molecular complexity index is 2480. The van der Waals surface area contributed by atoms with Gasteiger partial charge in [-0.1, -0.05) is 83.4 Å². The van der Waals surface area contributed by atoms with Crippen LogP contribution in [0.1, 0.15) is 47.9 Å². The number of fused-ring (bicyclic) bond motifs is 1. The molecule has 3 aromatic carbocycles. The predicted octanol–water partition coefficient (Wildman–Crippen LogP) is 7.73. The smallest absolute Gasteiger partial charge is 0.307 e. The van der Waals surface area contributed by atoms with Crippen molar-refractivity contribution in [2.75, 3.05) is 26.2 Å². The maximum Gasteiger partial charge on any atom is 0.307 e. The number of benzene rings is 3. The predicted molar refractivity (Wildman–Crippen MR) is 222 cm³/mol. The molecule has 0 spiro atoms. The molecule has 2 fully saturated rings. The van der Waals surface area contributed by atoms with Gasteiger partial charge in [0.15, 0.2) is 0 Å². The van der Waals surface area contributed by atoms with E-state index in [0.717, 1.165) is 39.8 Å². The first-order valence-electron chi connectivity index (χ1n) is 18.6. The summed E-state index contributed by atoms with van der Waals surface area (Å²) in [6.45, 7) is 2.69. The largest absolute Gasteiger partial charge is 0.492 e. The number of carboxylic acids is 1. The van der Waals surface area contributed by atoms with Gasteiger partial charge in [-0.2, -0.15) is 5.26 Å². The van der Waals surface area contributed by atoms with Gasteiger partial charge >= 0.3 is 5.97 Å². The summed E-state index contributed by atoms with van der Waals surface area (Å²) in [7, 11) is 0. The highest BCUT2D eigenvalue weighted by Crippen LogP contribution is 2.41. The summed E-state index contributed by atoms with van der Waals surface area (Å²) in [5.41, 5.74) is 6.02. The topological polar surface area (TPSA) is 149 Å². The first-order valence-corrected chi connectivity index (χ1v) is 19.8. The van der Waals surface area contributed by atoms with Crippen LogP contribution in [0.5, 0.6) is 5.75 Å². The second-order valence-electron chi connectivity index (χ2n) is 14.2. The van der Waals surface area contributed by atoms with Crippen molar-refractivity contribution in [1.29, 1.82) is 5.26 Å². The SMILES string of the molecule is N#CCCOc1cc(/C=C\c2cccc(-c3cccc(-c4ccn5c(=O)c(CNC[C@@H]6CCC(=O)N6)cnc5c4)c3Cl)c2Cl)c(Cl)cc1CN1CC[C@H](C(=O)O)C1. The van der Waals surface area contributed by atoms with E-state index in [2.05, 4.69) is 26.6 Å². The highest BCUT2D eigenvalue weighted by molar-refractivity contribution is 6.39. The molecule has 57 heavy (non-hydrogen) atoms. The fourth-order valence-corrected chi connectivity index (χ4v) is 8.14. The van der Waals surface area contributed by atoms with Gasteiger partial charge in [-0.05, 0) is 60.3 Å².